The molecule has 2 aromatic carbocycles. The first-order valence-electron chi connectivity index (χ1n) is 10.1. The number of halogens is 6. The lowest BCUT2D eigenvalue weighted by atomic mass is 9.69. The molecule has 1 unspecified atom stereocenters. The van der Waals surface area contributed by atoms with Crippen LogP contribution in [0, 0.1) is 0 Å². The van der Waals surface area contributed by atoms with Crippen LogP contribution in [0.2, 0.25) is 0 Å². The van der Waals surface area contributed by atoms with Crippen LogP contribution in [0.15, 0.2) is 48.5 Å². The lowest BCUT2D eigenvalue weighted by Crippen LogP contribution is -2.40. The Kier molecular flexibility index (Phi) is 7.01. The van der Waals surface area contributed by atoms with Gasteiger partial charge in [0.15, 0.2) is 0 Å². The predicted octanol–water partition coefficient (Wildman–Crippen LogP) is 6.51. The molecule has 1 saturated heterocycles. The van der Waals surface area contributed by atoms with Crippen molar-refractivity contribution in [3.8, 4) is 0 Å². The maximum atomic E-state index is 13.6. The van der Waals surface area contributed by atoms with Crippen molar-refractivity contribution in [2.75, 3.05) is 20.2 Å². The average Bonchev–Trinajstić information content (AvgIpc) is 2.74. The highest BCUT2D eigenvalue weighted by Gasteiger charge is 2.40. The van der Waals surface area contributed by atoms with Gasteiger partial charge in [0.2, 0.25) is 0 Å². The van der Waals surface area contributed by atoms with Gasteiger partial charge in [0.05, 0.1) is 17.2 Å². The number of benzene rings is 2. The zero-order chi connectivity index (χ0) is 22.7. The van der Waals surface area contributed by atoms with E-state index in [1.165, 1.54) is 7.11 Å². The molecule has 0 aromatic heterocycles. The molecule has 0 saturated carbocycles. The van der Waals surface area contributed by atoms with Crippen LogP contribution in [0.1, 0.15) is 54.0 Å². The van der Waals surface area contributed by atoms with Gasteiger partial charge >= 0.3 is 12.4 Å². The van der Waals surface area contributed by atoms with Gasteiger partial charge in [-0.25, -0.2) is 0 Å². The molecule has 0 bridgehead atoms. The third-order valence-corrected chi connectivity index (χ3v) is 6.15. The first-order valence-corrected chi connectivity index (χ1v) is 10.1. The molecular formula is C23H25F6NO. The summed E-state index contributed by atoms with van der Waals surface area (Å²) in [5.74, 6) is 0. The highest BCUT2D eigenvalue weighted by atomic mass is 19.4. The maximum Gasteiger partial charge on any atom is 0.416 e. The number of hydrogen-bond acceptors (Lipinski definition) is 2. The molecule has 0 spiro atoms. The van der Waals surface area contributed by atoms with E-state index in [2.05, 4.69) is 5.32 Å². The highest BCUT2D eigenvalue weighted by Crippen LogP contribution is 2.44. The van der Waals surface area contributed by atoms with Gasteiger partial charge in [0.1, 0.15) is 0 Å². The zero-order valence-corrected chi connectivity index (χ0v) is 17.1. The second-order valence-corrected chi connectivity index (χ2v) is 7.96. The molecule has 1 aliphatic rings. The molecule has 1 N–H and O–H groups in total. The molecular weight excluding hydrogens is 420 g/mol. The van der Waals surface area contributed by atoms with Gasteiger partial charge in [0, 0.05) is 7.11 Å². The van der Waals surface area contributed by atoms with Crippen LogP contribution in [0.25, 0.3) is 0 Å². The van der Waals surface area contributed by atoms with Crippen molar-refractivity contribution in [2.45, 2.75) is 49.6 Å². The molecule has 31 heavy (non-hydrogen) atoms. The van der Waals surface area contributed by atoms with E-state index in [1.54, 1.807) is 0 Å². The van der Waals surface area contributed by atoms with E-state index in [0.717, 1.165) is 37.6 Å². The normalized spacial score (nSPS) is 18.0. The molecule has 3 rings (SSSR count). The standard InChI is InChI=1S/C23H25F6NO/c1-31-20(18-8-7-17(22(24,25)26)15-19(18)23(27,28)29)9-10-21(11-13-30-14-12-21)16-5-3-2-4-6-16/h2-8,15,20,30H,9-14H2,1H3. The number of piperidine rings is 1. The number of methoxy groups -OCH3 is 1. The summed E-state index contributed by atoms with van der Waals surface area (Å²) < 4.78 is 85.2. The van der Waals surface area contributed by atoms with Crippen molar-refractivity contribution in [3.05, 3.63) is 70.8 Å². The first-order chi connectivity index (χ1) is 14.6. The Morgan fingerprint density at radius 2 is 1.58 bits per heavy atom. The van der Waals surface area contributed by atoms with E-state index in [9.17, 15) is 26.3 Å². The molecule has 0 aliphatic carbocycles. The third-order valence-electron chi connectivity index (χ3n) is 6.15. The zero-order valence-electron chi connectivity index (χ0n) is 17.1. The van der Waals surface area contributed by atoms with E-state index < -0.39 is 29.6 Å². The number of nitrogens with one attached hydrogen (secondary N) is 1. The Morgan fingerprint density at radius 1 is 0.935 bits per heavy atom. The molecule has 1 fully saturated rings. The Hall–Kier alpha value is -2.06. The summed E-state index contributed by atoms with van der Waals surface area (Å²) in [5, 5.41) is 3.31. The van der Waals surface area contributed by atoms with Crippen LogP contribution >= 0.6 is 0 Å². The van der Waals surface area contributed by atoms with Gasteiger partial charge in [-0.05, 0) is 67.4 Å². The minimum atomic E-state index is -4.92. The molecule has 1 atom stereocenters. The molecule has 170 valence electrons. The minimum Gasteiger partial charge on any atom is -0.377 e. The van der Waals surface area contributed by atoms with Gasteiger partial charge in [-0.2, -0.15) is 26.3 Å². The van der Waals surface area contributed by atoms with E-state index in [-0.39, 0.29) is 23.5 Å². The summed E-state index contributed by atoms with van der Waals surface area (Å²) in [6.45, 7) is 1.58. The van der Waals surface area contributed by atoms with Crippen LogP contribution in [0.4, 0.5) is 26.3 Å². The number of rotatable bonds is 6. The average molecular weight is 445 g/mol. The molecule has 0 radical (unpaired) electrons. The largest absolute Gasteiger partial charge is 0.416 e. The molecule has 1 heterocycles. The fourth-order valence-electron chi connectivity index (χ4n) is 4.45. The fourth-order valence-corrected chi connectivity index (χ4v) is 4.45. The molecule has 0 amide bonds. The molecule has 8 heteroatoms. The van der Waals surface area contributed by atoms with Crippen molar-refractivity contribution in [2.24, 2.45) is 0 Å². The highest BCUT2D eigenvalue weighted by molar-refractivity contribution is 5.37. The van der Waals surface area contributed by atoms with Crippen molar-refractivity contribution in [1.29, 1.82) is 0 Å². The van der Waals surface area contributed by atoms with Gasteiger partial charge < -0.3 is 10.1 Å². The summed E-state index contributed by atoms with van der Waals surface area (Å²) in [5.41, 5.74) is -1.98. The van der Waals surface area contributed by atoms with Gasteiger partial charge in [0.25, 0.3) is 0 Å². The Bertz CT molecular complexity index is 857. The topological polar surface area (TPSA) is 21.3 Å². The maximum absolute atomic E-state index is 13.6. The van der Waals surface area contributed by atoms with Gasteiger partial charge in [-0.3, -0.25) is 0 Å². The van der Waals surface area contributed by atoms with E-state index in [1.807, 2.05) is 30.3 Å². The van der Waals surface area contributed by atoms with Crippen LogP contribution in [-0.2, 0) is 22.5 Å². The summed E-state index contributed by atoms with van der Waals surface area (Å²) in [4.78, 5) is 0. The molecule has 2 nitrogen and oxygen atoms in total. The Balaban J connectivity index is 1.91. The van der Waals surface area contributed by atoms with Crippen LogP contribution in [0.5, 0.6) is 0 Å². The van der Waals surface area contributed by atoms with Crippen molar-refractivity contribution in [3.63, 3.8) is 0 Å². The lowest BCUT2D eigenvalue weighted by Gasteiger charge is -2.39. The Labute approximate surface area is 177 Å². The van der Waals surface area contributed by atoms with Crippen LogP contribution in [-0.4, -0.2) is 20.2 Å². The van der Waals surface area contributed by atoms with Crippen molar-refractivity contribution in [1.82, 2.24) is 5.32 Å². The predicted molar refractivity (Wildman–Crippen MR) is 106 cm³/mol. The summed E-state index contributed by atoms with van der Waals surface area (Å²) >= 11 is 0. The third kappa shape index (κ3) is 5.41. The SMILES string of the molecule is COC(CCC1(c2ccccc2)CCNCC1)c1ccc(C(F)(F)F)cc1C(F)(F)F. The van der Waals surface area contributed by atoms with Crippen molar-refractivity contribution >= 4 is 0 Å². The smallest absolute Gasteiger partial charge is 0.377 e. The monoisotopic (exact) mass is 445 g/mol. The molecule has 2 aromatic rings. The number of hydrogen-bond donors (Lipinski definition) is 1. The van der Waals surface area contributed by atoms with Crippen LogP contribution < -0.4 is 5.32 Å². The quantitative estimate of drug-likeness (QED) is 0.512. The minimum absolute atomic E-state index is 0.179. The second-order valence-electron chi connectivity index (χ2n) is 7.96. The van der Waals surface area contributed by atoms with Crippen molar-refractivity contribution < 1.29 is 31.1 Å². The summed E-state index contributed by atoms with van der Waals surface area (Å²) in [7, 11) is 1.29. The van der Waals surface area contributed by atoms with E-state index in [0.29, 0.717) is 12.5 Å². The van der Waals surface area contributed by atoms with Crippen LogP contribution in [0.3, 0.4) is 0 Å². The summed E-state index contributed by atoms with van der Waals surface area (Å²) in [6.07, 6.45) is -8.25. The lowest BCUT2D eigenvalue weighted by molar-refractivity contribution is -0.144. The van der Waals surface area contributed by atoms with E-state index >= 15 is 0 Å². The number of ether oxygens (including phenoxy) is 1. The first kappa shape index (κ1) is 23.6. The summed E-state index contributed by atoms with van der Waals surface area (Å²) in [6, 6.07) is 11.6. The van der Waals surface area contributed by atoms with Gasteiger partial charge in [-0.15, -0.1) is 0 Å². The van der Waals surface area contributed by atoms with E-state index in [4.69, 9.17) is 4.74 Å². The number of alkyl halides is 6. The molecule has 1 aliphatic heterocycles. The Morgan fingerprint density at radius 3 is 2.13 bits per heavy atom. The fraction of sp³-hybridized carbons (Fsp3) is 0.478. The van der Waals surface area contributed by atoms with Gasteiger partial charge in [-0.1, -0.05) is 36.4 Å². The second kappa shape index (κ2) is 9.20.